The lowest BCUT2D eigenvalue weighted by atomic mass is 10.0. The first-order valence-corrected chi connectivity index (χ1v) is 7.10. The van der Waals surface area contributed by atoms with Gasteiger partial charge in [0.1, 0.15) is 11.8 Å². The van der Waals surface area contributed by atoms with Gasteiger partial charge in [0.2, 0.25) is 0 Å². The van der Waals surface area contributed by atoms with Crippen LogP contribution in [0.5, 0.6) is 5.75 Å². The molecule has 0 aliphatic rings. The third kappa shape index (κ3) is 2.80. The Morgan fingerprint density at radius 1 is 1.00 bits per heavy atom. The zero-order chi connectivity index (χ0) is 16.4. The zero-order valence-electron chi connectivity index (χ0n) is 11.9. The molecule has 0 fully saturated rings. The van der Waals surface area contributed by atoms with Gasteiger partial charge in [-0.2, -0.15) is 5.26 Å². The SMILES string of the molecule is N#Cc1nc(-c2ccc(O)c(Cl)c2)c(-c2ccccc2)nc1N. The van der Waals surface area contributed by atoms with Gasteiger partial charge in [0.05, 0.1) is 16.4 Å². The number of anilines is 1. The van der Waals surface area contributed by atoms with Crippen molar-refractivity contribution in [3.05, 3.63) is 59.2 Å². The van der Waals surface area contributed by atoms with Crippen molar-refractivity contribution in [2.75, 3.05) is 5.73 Å². The number of aromatic hydroxyl groups is 1. The van der Waals surface area contributed by atoms with Gasteiger partial charge >= 0.3 is 0 Å². The monoisotopic (exact) mass is 322 g/mol. The number of nitrogens with two attached hydrogens (primary N) is 1. The van der Waals surface area contributed by atoms with Crippen molar-refractivity contribution in [1.29, 1.82) is 5.26 Å². The molecule has 0 saturated heterocycles. The molecular formula is C17H11ClN4O. The van der Waals surface area contributed by atoms with E-state index in [0.29, 0.717) is 17.0 Å². The van der Waals surface area contributed by atoms with Crippen LogP contribution in [-0.2, 0) is 0 Å². The van der Waals surface area contributed by atoms with Crippen molar-refractivity contribution in [2.45, 2.75) is 0 Å². The lowest BCUT2D eigenvalue weighted by Crippen LogP contribution is -2.03. The Morgan fingerprint density at radius 3 is 2.35 bits per heavy atom. The van der Waals surface area contributed by atoms with E-state index in [1.807, 2.05) is 36.4 Å². The number of hydrogen-bond donors (Lipinski definition) is 2. The number of nitrogens with zero attached hydrogens (tertiary/aromatic N) is 3. The van der Waals surface area contributed by atoms with Crippen LogP contribution in [0.15, 0.2) is 48.5 Å². The van der Waals surface area contributed by atoms with Crippen molar-refractivity contribution in [1.82, 2.24) is 9.97 Å². The zero-order valence-corrected chi connectivity index (χ0v) is 12.6. The second-order valence-electron chi connectivity index (χ2n) is 4.80. The number of rotatable bonds is 2. The number of hydrogen-bond acceptors (Lipinski definition) is 5. The molecule has 0 spiro atoms. The van der Waals surface area contributed by atoms with Crippen molar-refractivity contribution in [2.24, 2.45) is 0 Å². The van der Waals surface area contributed by atoms with E-state index >= 15 is 0 Å². The number of nitriles is 1. The smallest absolute Gasteiger partial charge is 0.183 e. The predicted octanol–water partition coefficient (Wildman–Crippen LogP) is 3.62. The third-order valence-corrected chi connectivity index (χ3v) is 3.60. The highest BCUT2D eigenvalue weighted by Gasteiger charge is 2.16. The van der Waals surface area contributed by atoms with Gasteiger partial charge in [-0.1, -0.05) is 41.9 Å². The number of phenols is 1. The Kier molecular flexibility index (Phi) is 3.83. The van der Waals surface area contributed by atoms with Gasteiger partial charge in [0.15, 0.2) is 11.5 Å². The van der Waals surface area contributed by atoms with E-state index in [2.05, 4.69) is 9.97 Å². The van der Waals surface area contributed by atoms with Crippen LogP contribution in [0.2, 0.25) is 5.02 Å². The normalized spacial score (nSPS) is 10.3. The Balaban J connectivity index is 2.29. The molecule has 0 atom stereocenters. The summed E-state index contributed by atoms with van der Waals surface area (Å²) in [6.45, 7) is 0. The van der Waals surface area contributed by atoms with E-state index in [0.717, 1.165) is 5.56 Å². The van der Waals surface area contributed by atoms with E-state index in [1.165, 1.54) is 6.07 Å². The van der Waals surface area contributed by atoms with Crippen LogP contribution in [0.4, 0.5) is 5.82 Å². The fraction of sp³-hybridized carbons (Fsp3) is 0. The van der Waals surface area contributed by atoms with Crippen molar-refractivity contribution in [3.8, 4) is 34.3 Å². The summed E-state index contributed by atoms with van der Waals surface area (Å²) in [5.74, 6) is 0.0422. The van der Waals surface area contributed by atoms with E-state index < -0.39 is 0 Å². The quantitative estimate of drug-likeness (QED) is 0.751. The number of aromatic nitrogens is 2. The van der Waals surface area contributed by atoms with E-state index in [9.17, 15) is 5.11 Å². The molecule has 0 amide bonds. The molecule has 6 heteroatoms. The minimum atomic E-state index is -0.0272. The summed E-state index contributed by atoms with van der Waals surface area (Å²) in [6, 6.07) is 16.0. The molecule has 3 N–H and O–H groups in total. The fourth-order valence-corrected chi connectivity index (χ4v) is 2.36. The minimum absolute atomic E-state index is 0.0272. The van der Waals surface area contributed by atoms with Crippen LogP contribution in [0.3, 0.4) is 0 Å². The maximum atomic E-state index is 9.58. The number of nitrogen functional groups attached to an aromatic ring is 1. The van der Waals surface area contributed by atoms with Crippen molar-refractivity contribution < 1.29 is 5.11 Å². The van der Waals surface area contributed by atoms with E-state index in [4.69, 9.17) is 22.6 Å². The van der Waals surface area contributed by atoms with Crippen LogP contribution in [-0.4, -0.2) is 15.1 Å². The topological polar surface area (TPSA) is 95.8 Å². The van der Waals surface area contributed by atoms with Crippen LogP contribution >= 0.6 is 11.6 Å². The summed E-state index contributed by atoms with van der Waals surface area (Å²) in [7, 11) is 0. The average molecular weight is 323 g/mol. The Bertz CT molecular complexity index is 920. The largest absolute Gasteiger partial charge is 0.506 e. The number of halogens is 1. The van der Waals surface area contributed by atoms with Gasteiger partial charge in [-0.25, -0.2) is 9.97 Å². The Morgan fingerprint density at radius 2 is 1.70 bits per heavy atom. The first kappa shape index (κ1) is 14.8. The lowest BCUT2D eigenvalue weighted by Gasteiger charge is -2.11. The summed E-state index contributed by atoms with van der Waals surface area (Å²) in [4.78, 5) is 8.65. The highest BCUT2D eigenvalue weighted by molar-refractivity contribution is 6.32. The predicted molar refractivity (Wildman–Crippen MR) is 88.7 cm³/mol. The molecule has 23 heavy (non-hydrogen) atoms. The van der Waals surface area contributed by atoms with Gasteiger partial charge in [-0.15, -0.1) is 0 Å². The molecule has 3 aromatic rings. The summed E-state index contributed by atoms with van der Waals surface area (Å²) in [6.07, 6.45) is 0. The molecule has 0 unspecified atom stereocenters. The van der Waals surface area contributed by atoms with E-state index in [-0.39, 0.29) is 22.3 Å². The van der Waals surface area contributed by atoms with Crippen LogP contribution < -0.4 is 5.73 Å². The van der Waals surface area contributed by atoms with Gasteiger partial charge in [-0.05, 0) is 18.2 Å². The molecule has 0 radical (unpaired) electrons. The Hall–Kier alpha value is -3.10. The molecule has 1 heterocycles. The maximum Gasteiger partial charge on any atom is 0.183 e. The first-order valence-electron chi connectivity index (χ1n) is 6.72. The fourth-order valence-electron chi connectivity index (χ4n) is 2.18. The molecule has 1 aromatic heterocycles. The molecule has 112 valence electrons. The molecule has 0 aliphatic carbocycles. The minimum Gasteiger partial charge on any atom is -0.506 e. The molecule has 0 saturated carbocycles. The van der Waals surface area contributed by atoms with Crippen LogP contribution in [0.1, 0.15) is 5.69 Å². The summed E-state index contributed by atoms with van der Waals surface area (Å²) in [5, 5.41) is 18.9. The van der Waals surface area contributed by atoms with Crippen molar-refractivity contribution in [3.63, 3.8) is 0 Å². The second-order valence-corrected chi connectivity index (χ2v) is 5.21. The van der Waals surface area contributed by atoms with Gasteiger partial charge in [-0.3, -0.25) is 0 Å². The first-order chi connectivity index (χ1) is 11.1. The van der Waals surface area contributed by atoms with Gasteiger partial charge < -0.3 is 10.8 Å². The van der Waals surface area contributed by atoms with Gasteiger partial charge in [0.25, 0.3) is 0 Å². The third-order valence-electron chi connectivity index (χ3n) is 3.30. The molecule has 3 rings (SSSR count). The molecular weight excluding hydrogens is 312 g/mol. The number of phenolic OH excluding ortho intramolecular Hbond substituents is 1. The van der Waals surface area contributed by atoms with Gasteiger partial charge in [0, 0.05) is 11.1 Å². The Labute approximate surface area is 137 Å². The summed E-state index contributed by atoms with van der Waals surface area (Å²) < 4.78 is 0. The van der Waals surface area contributed by atoms with Crippen LogP contribution in [0, 0.1) is 11.3 Å². The van der Waals surface area contributed by atoms with E-state index in [1.54, 1.807) is 12.1 Å². The highest BCUT2D eigenvalue weighted by Crippen LogP contribution is 2.34. The second kappa shape index (κ2) is 5.95. The molecule has 2 aromatic carbocycles. The summed E-state index contributed by atoms with van der Waals surface area (Å²) in [5.41, 5.74) is 8.32. The maximum absolute atomic E-state index is 9.58. The average Bonchev–Trinajstić information content (AvgIpc) is 2.58. The van der Waals surface area contributed by atoms with Crippen molar-refractivity contribution >= 4 is 17.4 Å². The van der Waals surface area contributed by atoms with Crippen LogP contribution in [0.25, 0.3) is 22.5 Å². The lowest BCUT2D eigenvalue weighted by molar-refractivity contribution is 0.475. The summed E-state index contributed by atoms with van der Waals surface area (Å²) >= 11 is 5.98. The number of benzene rings is 2. The highest BCUT2D eigenvalue weighted by atomic mass is 35.5. The molecule has 0 bridgehead atoms. The standard InChI is InChI=1S/C17H11ClN4O/c18-12-8-11(6-7-14(12)23)16-15(10-4-2-1-3-5-10)22-17(20)13(9-19)21-16/h1-8,23H,(H2,20,22). The molecule has 5 nitrogen and oxygen atoms in total. The molecule has 0 aliphatic heterocycles.